The molecule has 0 spiro atoms. The summed E-state index contributed by atoms with van der Waals surface area (Å²) in [6, 6.07) is 10.1. The van der Waals surface area contributed by atoms with Crippen LogP contribution in [0.15, 0.2) is 39.9 Å². The number of hydrogen-bond acceptors (Lipinski definition) is 3. The third-order valence-corrected chi connectivity index (χ3v) is 4.05. The van der Waals surface area contributed by atoms with Crippen LogP contribution in [0.5, 0.6) is 0 Å². The number of aryl methyl sites for hydroxylation is 3. The molecule has 0 aliphatic carbocycles. The number of carbonyl (C=O) groups is 1. The molecule has 1 heterocycles. The van der Waals surface area contributed by atoms with Gasteiger partial charge in [-0.05, 0) is 50.8 Å². The lowest BCUT2D eigenvalue weighted by atomic mass is 10.0. The molecule has 0 fully saturated rings. The lowest BCUT2D eigenvalue weighted by Crippen LogP contribution is -2.19. The molecule has 4 heteroatoms. The number of amides is 1. The summed E-state index contributed by atoms with van der Waals surface area (Å²) in [5, 5.41) is 4.20. The van der Waals surface area contributed by atoms with Crippen LogP contribution in [0.25, 0.3) is 0 Å². The Kier molecular flexibility index (Phi) is 6.36. The maximum Gasteiger partial charge on any atom is 0.274 e. The summed E-state index contributed by atoms with van der Waals surface area (Å²) in [5.41, 5.74) is 6.25. The molecule has 0 bridgehead atoms. The second-order valence-corrected chi connectivity index (χ2v) is 6.12. The minimum atomic E-state index is -0.250. The fraction of sp³-hybridized carbons (Fsp3) is 0.400. The van der Waals surface area contributed by atoms with Gasteiger partial charge in [0.25, 0.3) is 5.91 Å². The summed E-state index contributed by atoms with van der Waals surface area (Å²) in [6.07, 6.45) is 4.84. The van der Waals surface area contributed by atoms with Crippen molar-refractivity contribution in [1.29, 1.82) is 0 Å². The standard InChI is InChI=1S/C20H26N2O2/c1-5-6-7-8-17-9-11-18(12-10-17)15(3)21-22-20(23)19-13-14(2)24-16(19)4/h9-13H,5-8H2,1-4H3,(H,22,23). The van der Waals surface area contributed by atoms with Crippen LogP contribution in [0.2, 0.25) is 0 Å². The highest BCUT2D eigenvalue weighted by Gasteiger charge is 2.12. The number of hydrogen-bond donors (Lipinski definition) is 1. The predicted molar refractivity (Wildman–Crippen MR) is 97.5 cm³/mol. The van der Waals surface area contributed by atoms with Crippen molar-refractivity contribution in [2.45, 2.75) is 53.4 Å². The van der Waals surface area contributed by atoms with E-state index in [4.69, 9.17) is 4.42 Å². The Hall–Kier alpha value is -2.36. The van der Waals surface area contributed by atoms with Crippen LogP contribution in [0.4, 0.5) is 0 Å². The molecule has 0 saturated carbocycles. The number of furan rings is 1. The minimum absolute atomic E-state index is 0.250. The third kappa shape index (κ3) is 4.82. The number of nitrogens with one attached hydrogen (secondary N) is 1. The van der Waals surface area contributed by atoms with Gasteiger partial charge in [-0.15, -0.1) is 0 Å². The van der Waals surface area contributed by atoms with Crippen molar-refractivity contribution in [3.05, 3.63) is 58.5 Å². The first-order valence-corrected chi connectivity index (χ1v) is 8.52. The first-order valence-electron chi connectivity index (χ1n) is 8.52. The van der Waals surface area contributed by atoms with Gasteiger partial charge >= 0.3 is 0 Å². The molecule has 0 aliphatic rings. The van der Waals surface area contributed by atoms with E-state index in [1.165, 1.54) is 24.8 Å². The van der Waals surface area contributed by atoms with Gasteiger partial charge in [0.2, 0.25) is 0 Å². The van der Waals surface area contributed by atoms with E-state index >= 15 is 0 Å². The van der Waals surface area contributed by atoms with E-state index in [2.05, 4.69) is 41.7 Å². The normalized spacial score (nSPS) is 11.6. The van der Waals surface area contributed by atoms with Crippen molar-refractivity contribution in [2.24, 2.45) is 5.10 Å². The molecule has 0 radical (unpaired) electrons. The zero-order valence-corrected chi connectivity index (χ0v) is 15.0. The zero-order chi connectivity index (χ0) is 17.5. The Bertz CT molecular complexity index is 712. The summed E-state index contributed by atoms with van der Waals surface area (Å²) >= 11 is 0. The Balaban J connectivity index is 1.97. The third-order valence-electron chi connectivity index (χ3n) is 4.05. The molecule has 0 unspecified atom stereocenters. The van der Waals surface area contributed by atoms with Gasteiger partial charge in [0.05, 0.1) is 11.3 Å². The summed E-state index contributed by atoms with van der Waals surface area (Å²) in [5.74, 6) is 1.08. The first-order chi connectivity index (χ1) is 11.5. The minimum Gasteiger partial charge on any atom is -0.466 e. The summed E-state index contributed by atoms with van der Waals surface area (Å²) in [7, 11) is 0. The highest BCUT2D eigenvalue weighted by Crippen LogP contribution is 2.13. The average molecular weight is 326 g/mol. The molecule has 0 atom stereocenters. The summed E-state index contributed by atoms with van der Waals surface area (Å²) in [6.45, 7) is 7.69. The highest BCUT2D eigenvalue weighted by molar-refractivity contribution is 6.01. The van der Waals surface area contributed by atoms with Gasteiger partial charge in [-0.2, -0.15) is 5.10 Å². The Morgan fingerprint density at radius 1 is 1.17 bits per heavy atom. The molecule has 128 valence electrons. The molecule has 1 aromatic heterocycles. The monoisotopic (exact) mass is 326 g/mol. The van der Waals surface area contributed by atoms with Crippen LogP contribution in [-0.4, -0.2) is 11.6 Å². The van der Waals surface area contributed by atoms with Gasteiger partial charge in [0.1, 0.15) is 11.5 Å². The number of rotatable bonds is 7. The van der Waals surface area contributed by atoms with Gasteiger partial charge in [-0.1, -0.05) is 44.0 Å². The van der Waals surface area contributed by atoms with Crippen molar-refractivity contribution in [1.82, 2.24) is 5.43 Å². The van der Waals surface area contributed by atoms with E-state index in [1.807, 2.05) is 13.8 Å². The lowest BCUT2D eigenvalue weighted by Gasteiger charge is -2.05. The fourth-order valence-electron chi connectivity index (χ4n) is 2.61. The maximum absolute atomic E-state index is 12.1. The number of benzene rings is 1. The quantitative estimate of drug-likeness (QED) is 0.452. The van der Waals surface area contributed by atoms with Gasteiger partial charge in [-0.3, -0.25) is 4.79 Å². The van der Waals surface area contributed by atoms with E-state index in [1.54, 1.807) is 13.0 Å². The molecule has 1 aromatic carbocycles. The van der Waals surface area contributed by atoms with Crippen LogP contribution in [0, 0.1) is 13.8 Å². The first kappa shape index (κ1) is 18.0. The molecule has 0 aliphatic heterocycles. The van der Waals surface area contributed by atoms with E-state index in [-0.39, 0.29) is 5.91 Å². The lowest BCUT2D eigenvalue weighted by molar-refractivity contribution is 0.0953. The maximum atomic E-state index is 12.1. The SMILES string of the molecule is CCCCCc1ccc(C(C)=NNC(=O)c2cc(C)oc2C)cc1. The van der Waals surface area contributed by atoms with Crippen molar-refractivity contribution in [3.8, 4) is 0 Å². The summed E-state index contributed by atoms with van der Waals surface area (Å²) < 4.78 is 5.37. The Morgan fingerprint density at radius 2 is 1.88 bits per heavy atom. The van der Waals surface area contributed by atoms with Gasteiger partial charge in [0.15, 0.2) is 0 Å². The van der Waals surface area contributed by atoms with E-state index in [0.717, 1.165) is 23.5 Å². The Morgan fingerprint density at radius 3 is 2.46 bits per heavy atom. The smallest absolute Gasteiger partial charge is 0.274 e. The molecular formula is C20H26N2O2. The number of nitrogens with zero attached hydrogens (tertiary/aromatic N) is 1. The molecule has 1 N–H and O–H groups in total. The number of unbranched alkanes of at least 4 members (excludes halogenated alkanes) is 2. The highest BCUT2D eigenvalue weighted by atomic mass is 16.3. The van der Waals surface area contributed by atoms with Crippen LogP contribution in [0.3, 0.4) is 0 Å². The number of carbonyl (C=O) groups excluding carboxylic acids is 1. The van der Waals surface area contributed by atoms with Gasteiger partial charge in [0, 0.05) is 0 Å². The van der Waals surface area contributed by atoms with Crippen LogP contribution in [0.1, 0.15) is 66.1 Å². The van der Waals surface area contributed by atoms with Crippen LogP contribution < -0.4 is 5.43 Å². The predicted octanol–water partition coefficient (Wildman–Crippen LogP) is 4.78. The molecule has 1 amide bonds. The molecule has 24 heavy (non-hydrogen) atoms. The summed E-state index contributed by atoms with van der Waals surface area (Å²) in [4.78, 5) is 12.1. The van der Waals surface area contributed by atoms with Crippen molar-refractivity contribution in [2.75, 3.05) is 0 Å². The Labute approximate surface area is 144 Å². The largest absolute Gasteiger partial charge is 0.466 e. The fourth-order valence-corrected chi connectivity index (χ4v) is 2.61. The van der Waals surface area contributed by atoms with Gasteiger partial charge in [-0.25, -0.2) is 5.43 Å². The van der Waals surface area contributed by atoms with Gasteiger partial charge < -0.3 is 4.42 Å². The topological polar surface area (TPSA) is 54.6 Å². The van der Waals surface area contributed by atoms with Crippen LogP contribution in [-0.2, 0) is 6.42 Å². The van der Waals surface area contributed by atoms with E-state index in [9.17, 15) is 4.79 Å². The second kappa shape index (κ2) is 8.48. The van der Waals surface area contributed by atoms with Crippen molar-refractivity contribution >= 4 is 11.6 Å². The van der Waals surface area contributed by atoms with E-state index < -0.39 is 0 Å². The van der Waals surface area contributed by atoms with Crippen molar-refractivity contribution < 1.29 is 9.21 Å². The molecule has 4 nitrogen and oxygen atoms in total. The molecule has 2 rings (SSSR count). The second-order valence-electron chi connectivity index (χ2n) is 6.12. The molecule has 0 saturated heterocycles. The zero-order valence-electron chi connectivity index (χ0n) is 15.0. The molecule has 2 aromatic rings. The molecular weight excluding hydrogens is 300 g/mol. The average Bonchev–Trinajstić information content (AvgIpc) is 2.91. The number of hydrazone groups is 1. The van der Waals surface area contributed by atoms with E-state index in [0.29, 0.717) is 11.3 Å². The van der Waals surface area contributed by atoms with Crippen molar-refractivity contribution in [3.63, 3.8) is 0 Å². The van der Waals surface area contributed by atoms with Crippen LogP contribution >= 0.6 is 0 Å².